The third kappa shape index (κ3) is 7.24. The van der Waals surface area contributed by atoms with E-state index >= 15 is 0 Å². The van der Waals surface area contributed by atoms with Crippen LogP contribution in [0.2, 0.25) is 5.02 Å². The van der Waals surface area contributed by atoms with Crippen LogP contribution >= 0.6 is 11.6 Å². The average Bonchev–Trinajstić information content (AvgIpc) is 2.80. The van der Waals surface area contributed by atoms with Gasteiger partial charge in [-0.3, -0.25) is 9.98 Å². The Hall–Kier alpha value is -3.11. The van der Waals surface area contributed by atoms with Crippen LogP contribution in [-0.2, 0) is 0 Å². The SMILES string of the molecule is C=C(/C=C\C(C)=NC)CN=C(N/C=C/CC)c1cc(-c2ccc(Cl)cc2)cc(OC)c1C. The second-order valence-electron chi connectivity index (χ2n) is 7.33. The molecule has 32 heavy (non-hydrogen) atoms. The Morgan fingerprint density at radius 3 is 2.50 bits per heavy atom. The van der Waals surface area contributed by atoms with E-state index < -0.39 is 0 Å². The number of halogens is 1. The van der Waals surface area contributed by atoms with Crippen LogP contribution in [0.15, 0.2) is 83.0 Å². The standard InChI is InChI=1S/C27H32ClN3O/c1-7-8-15-30-27(31-18-19(2)9-10-20(3)29-5)25-16-23(17-26(32-6)21(25)4)22-11-13-24(28)14-12-22/h8-17H,2,7,18H2,1,3-6H3,(H,30,31)/b10-9-,15-8+,29-20?. The number of nitrogens with one attached hydrogen (secondary N) is 1. The summed E-state index contributed by atoms with van der Waals surface area (Å²) >= 11 is 6.08. The maximum atomic E-state index is 6.08. The number of hydrogen-bond acceptors (Lipinski definition) is 3. The minimum atomic E-state index is 0.461. The van der Waals surface area contributed by atoms with Crippen molar-refractivity contribution in [3.8, 4) is 16.9 Å². The molecule has 0 aliphatic heterocycles. The molecule has 0 spiro atoms. The lowest BCUT2D eigenvalue weighted by Crippen LogP contribution is -2.21. The summed E-state index contributed by atoms with van der Waals surface area (Å²) in [5.41, 5.74) is 5.90. The van der Waals surface area contributed by atoms with Crippen LogP contribution in [0, 0.1) is 6.92 Å². The quantitative estimate of drug-likeness (QED) is 0.260. The van der Waals surface area contributed by atoms with Gasteiger partial charge in [-0.2, -0.15) is 0 Å². The van der Waals surface area contributed by atoms with Gasteiger partial charge in [0.05, 0.1) is 13.7 Å². The summed E-state index contributed by atoms with van der Waals surface area (Å²) in [6, 6.07) is 11.9. The number of allylic oxidation sites excluding steroid dienone is 2. The van der Waals surface area contributed by atoms with Crippen molar-refractivity contribution in [1.82, 2.24) is 5.32 Å². The average molecular weight is 450 g/mol. The van der Waals surface area contributed by atoms with Crippen molar-refractivity contribution < 1.29 is 4.74 Å². The Morgan fingerprint density at radius 2 is 1.88 bits per heavy atom. The molecule has 0 saturated carbocycles. The lowest BCUT2D eigenvalue weighted by molar-refractivity contribution is 0.412. The first-order chi connectivity index (χ1) is 15.4. The van der Waals surface area contributed by atoms with Crippen LogP contribution in [0.3, 0.4) is 0 Å². The zero-order valence-corrected chi connectivity index (χ0v) is 20.3. The topological polar surface area (TPSA) is 46.0 Å². The molecule has 0 aliphatic carbocycles. The highest BCUT2D eigenvalue weighted by Gasteiger charge is 2.14. The molecule has 168 valence electrons. The summed E-state index contributed by atoms with van der Waals surface area (Å²) in [7, 11) is 3.45. The Bertz CT molecular complexity index is 1050. The monoisotopic (exact) mass is 449 g/mol. The predicted octanol–water partition coefficient (Wildman–Crippen LogP) is 6.79. The summed E-state index contributed by atoms with van der Waals surface area (Å²) in [5.74, 6) is 1.56. The first-order valence-corrected chi connectivity index (χ1v) is 11.0. The van der Waals surface area contributed by atoms with Gasteiger partial charge in [-0.05, 0) is 73.5 Å². The molecule has 0 atom stereocenters. The Morgan fingerprint density at radius 1 is 1.16 bits per heavy atom. The number of hydrogen-bond donors (Lipinski definition) is 1. The molecule has 0 saturated heterocycles. The number of rotatable bonds is 9. The molecule has 5 heteroatoms. The summed E-state index contributed by atoms with van der Waals surface area (Å²) in [6.45, 7) is 10.7. The van der Waals surface area contributed by atoms with Crippen LogP contribution in [0.25, 0.3) is 11.1 Å². The molecule has 2 aromatic rings. The highest BCUT2D eigenvalue weighted by molar-refractivity contribution is 6.30. The van der Waals surface area contributed by atoms with Crippen molar-refractivity contribution in [2.24, 2.45) is 9.98 Å². The van der Waals surface area contributed by atoms with Gasteiger partial charge in [0.2, 0.25) is 0 Å². The second-order valence-corrected chi connectivity index (χ2v) is 7.77. The van der Waals surface area contributed by atoms with E-state index in [1.807, 2.05) is 62.5 Å². The predicted molar refractivity (Wildman–Crippen MR) is 139 cm³/mol. The van der Waals surface area contributed by atoms with Gasteiger partial charge < -0.3 is 10.1 Å². The fourth-order valence-electron chi connectivity index (χ4n) is 2.97. The maximum Gasteiger partial charge on any atom is 0.133 e. The molecule has 0 unspecified atom stereocenters. The van der Waals surface area contributed by atoms with Crippen LogP contribution in [0.5, 0.6) is 5.75 Å². The van der Waals surface area contributed by atoms with Crippen molar-refractivity contribution in [3.63, 3.8) is 0 Å². The number of ether oxygens (including phenoxy) is 1. The first-order valence-electron chi connectivity index (χ1n) is 10.6. The summed E-state index contributed by atoms with van der Waals surface area (Å²) < 4.78 is 5.68. The van der Waals surface area contributed by atoms with Crippen molar-refractivity contribution in [1.29, 1.82) is 0 Å². The molecule has 0 heterocycles. The summed E-state index contributed by atoms with van der Waals surface area (Å²) in [6.07, 6.45) is 8.80. The Labute approximate surface area is 197 Å². The molecule has 2 rings (SSSR count). The van der Waals surface area contributed by atoms with Gasteiger partial charge in [0.15, 0.2) is 0 Å². The molecule has 0 radical (unpaired) electrons. The number of methoxy groups -OCH3 is 1. The third-order valence-corrected chi connectivity index (χ3v) is 5.19. The van der Waals surface area contributed by atoms with E-state index in [9.17, 15) is 0 Å². The lowest BCUT2D eigenvalue weighted by Gasteiger charge is -2.16. The fraction of sp³-hybridized carbons (Fsp3) is 0.259. The molecular weight excluding hydrogens is 418 g/mol. The summed E-state index contributed by atoms with van der Waals surface area (Å²) in [5, 5.41) is 4.06. The van der Waals surface area contributed by atoms with Crippen LogP contribution in [-0.4, -0.2) is 32.2 Å². The van der Waals surface area contributed by atoms with Crippen LogP contribution in [0.1, 0.15) is 31.4 Å². The Kier molecular flexibility index (Phi) is 9.96. The molecular formula is C27H32ClN3O. The van der Waals surface area contributed by atoms with Gasteiger partial charge in [-0.1, -0.05) is 49.4 Å². The van der Waals surface area contributed by atoms with Crippen molar-refractivity contribution in [3.05, 3.63) is 89.1 Å². The van der Waals surface area contributed by atoms with Gasteiger partial charge in [-0.15, -0.1) is 0 Å². The molecule has 0 aromatic heterocycles. The molecule has 1 N–H and O–H groups in total. The minimum Gasteiger partial charge on any atom is -0.496 e. The highest BCUT2D eigenvalue weighted by atomic mass is 35.5. The van der Waals surface area contributed by atoms with E-state index in [4.69, 9.17) is 21.3 Å². The highest BCUT2D eigenvalue weighted by Crippen LogP contribution is 2.31. The van der Waals surface area contributed by atoms with E-state index in [2.05, 4.69) is 36.0 Å². The minimum absolute atomic E-state index is 0.461. The van der Waals surface area contributed by atoms with Gasteiger partial charge >= 0.3 is 0 Å². The molecule has 0 aliphatic rings. The fourth-order valence-corrected chi connectivity index (χ4v) is 3.09. The van der Waals surface area contributed by atoms with Gasteiger partial charge in [0.1, 0.15) is 11.6 Å². The molecule has 0 amide bonds. The zero-order chi connectivity index (χ0) is 23.5. The van der Waals surface area contributed by atoms with E-state index in [1.165, 1.54) is 0 Å². The van der Waals surface area contributed by atoms with Crippen molar-refractivity contribution in [2.45, 2.75) is 27.2 Å². The molecule has 4 nitrogen and oxygen atoms in total. The van der Waals surface area contributed by atoms with Gasteiger partial charge in [0.25, 0.3) is 0 Å². The largest absolute Gasteiger partial charge is 0.496 e. The van der Waals surface area contributed by atoms with E-state index in [1.54, 1.807) is 14.2 Å². The lowest BCUT2D eigenvalue weighted by atomic mass is 9.98. The normalized spacial score (nSPS) is 12.6. The van der Waals surface area contributed by atoms with Gasteiger partial charge in [-0.25, -0.2) is 0 Å². The van der Waals surface area contributed by atoms with Crippen LogP contribution in [0.4, 0.5) is 0 Å². The second kappa shape index (κ2) is 12.7. The number of nitrogens with zero attached hydrogens (tertiary/aromatic N) is 2. The number of amidine groups is 1. The van der Waals surface area contributed by atoms with Crippen molar-refractivity contribution in [2.75, 3.05) is 20.7 Å². The van der Waals surface area contributed by atoms with E-state index in [0.29, 0.717) is 11.6 Å². The Balaban J connectivity index is 2.50. The maximum absolute atomic E-state index is 6.08. The third-order valence-electron chi connectivity index (χ3n) is 4.94. The zero-order valence-electron chi connectivity index (χ0n) is 19.6. The molecule has 0 bridgehead atoms. The molecule has 2 aromatic carbocycles. The van der Waals surface area contributed by atoms with Gasteiger partial charge in [0, 0.05) is 28.9 Å². The molecule has 0 fully saturated rings. The number of benzene rings is 2. The number of aliphatic imine (C=N–C) groups is 2. The van der Waals surface area contributed by atoms with Crippen molar-refractivity contribution >= 4 is 23.1 Å². The van der Waals surface area contributed by atoms with E-state index in [-0.39, 0.29) is 0 Å². The smallest absolute Gasteiger partial charge is 0.133 e. The van der Waals surface area contributed by atoms with Crippen LogP contribution < -0.4 is 10.1 Å². The first kappa shape index (κ1) is 25.2. The van der Waals surface area contributed by atoms with E-state index in [0.717, 1.165) is 51.5 Å². The summed E-state index contributed by atoms with van der Waals surface area (Å²) in [4.78, 5) is 8.98.